The first-order valence-corrected chi connectivity index (χ1v) is 6.34. The summed E-state index contributed by atoms with van der Waals surface area (Å²) < 4.78 is 13.3. The molecule has 0 heterocycles. The molecular weight excluding hydrogens is 273 g/mol. The highest BCUT2D eigenvalue weighted by Gasteiger charge is 2.24. The van der Waals surface area contributed by atoms with E-state index in [4.69, 9.17) is 11.5 Å². The maximum absolute atomic E-state index is 13.3. The Hall–Kier alpha value is -2.39. The van der Waals surface area contributed by atoms with Crippen molar-refractivity contribution < 1.29 is 14.0 Å². The van der Waals surface area contributed by atoms with Gasteiger partial charge in [0.1, 0.15) is 5.82 Å². The average molecular weight is 291 g/mol. The van der Waals surface area contributed by atoms with Crippen LogP contribution in [-0.2, 0) is 4.79 Å². The average Bonchev–Trinajstić information content (AvgIpc) is 2.34. The lowest BCUT2D eigenvalue weighted by molar-refractivity contribution is -0.119. The number of carbonyl (C=O) groups excluding carboxylic acids is 2. The number of nitrogens with two attached hydrogens (primary N) is 2. The van der Waals surface area contributed by atoms with Gasteiger partial charge in [-0.15, -0.1) is 0 Å². The van der Waals surface area contributed by atoms with Crippen molar-refractivity contribution in [1.82, 2.24) is 5.32 Å². The van der Waals surface area contributed by atoms with Gasteiger partial charge in [0.2, 0.25) is 5.91 Å². The molecule has 1 rings (SSSR count). The highest BCUT2D eigenvalue weighted by molar-refractivity contribution is 5.97. The van der Waals surface area contributed by atoms with E-state index >= 15 is 0 Å². The van der Waals surface area contributed by atoms with Gasteiger partial charge >= 0.3 is 0 Å². The van der Waals surface area contributed by atoms with Crippen molar-refractivity contribution in [1.29, 1.82) is 0 Å². The molecule has 0 aliphatic carbocycles. The Labute approximate surface area is 122 Å². The van der Waals surface area contributed by atoms with Gasteiger partial charge in [-0.1, -0.05) is 11.8 Å². The zero-order valence-corrected chi connectivity index (χ0v) is 12.0. The van der Waals surface area contributed by atoms with Crippen LogP contribution >= 0.6 is 0 Å². The minimum atomic E-state index is -0.839. The second kappa shape index (κ2) is 6.86. The fraction of sp³-hybridized carbons (Fsp3) is 0.333. The summed E-state index contributed by atoms with van der Waals surface area (Å²) in [6, 6.07) is 3.72. The lowest BCUT2D eigenvalue weighted by Crippen LogP contribution is -2.46. The first kappa shape index (κ1) is 16.7. The van der Waals surface area contributed by atoms with Gasteiger partial charge in [-0.3, -0.25) is 9.59 Å². The Balaban J connectivity index is 3.06. The molecule has 6 heteroatoms. The van der Waals surface area contributed by atoms with Crippen molar-refractivity contribution >= 4 is 11.8 Å². The molecule has 5 N–H and O–H groups in total. The lowest BCUT2D eigenvalue weighted by Gasteiger charge is -2.25. The summed E-state index contributed by atoms with van der Waals surface area (Å²) in [7, 11) is 0. The van der Waals surface area contributed by atoms with Crippen molar-refractivity contribution in [3.8, 4) is 11.8 Å². The molecule has 112 valence electrons. The highest BCUT2D eigenvalue weighted by atomic mass is 19.1. The molecule has 0 atom stereocenters. The molecule has 1 aromatic rings. The van der Waals surface area contributed by atoms with Crippen LogP contribution in [0.3, 0.4) is 0 Å². The van der Waals surface area contributed by atoms with Crippen LogP contribution in [0.1, 0.15) is 36.2 Å². The number of rotatable bonds is 4. The summed E-state index contributed by atoms with van der Waals surface area (Å²) in [5.41, 5.74) is 10.0. The molecule has 0 saturated heterocycles. The minimum Gasteiger partial charge on any atom is -0.370 e. The van der Waals surface area contributed by atoms with Gasteiger partial charge in [0.25, 0.3) is 5.91 Å². The summed E-state index contributed by atoms with van der Waals surface area (Å²) in [6.45, 7) is 3.44. The molecule has 0 aliphatic heterocycles. The van der Waals surface area contributed by atoms with Crippen LogP contribution in [0.4, 0.5) is 4.39 Å². The van der Waals surface area contributed by atoms with Crippen LogP contribution in [0.15, 0.2) is 18.2 Å². The third-order valence-electron chi connectivity index (χ3n) is 2.62. The molecule has 0 fully saturated rings. The van der Waals surface area contributed by atoms with E-state index < -0.39 is 23.2 Å². The number of hydrogen-bond acceptors (Lipinski definition) is 3. The van der Waals surface area contributed by atoms with E-state index in [-0.39, 0.29) is 18.5 Å². The van der Waals surface area contributed by atoms with Crippen molar-refractivity contribution in [3.63, 3.8) is 0 Å². The minimum absolute atomic E-state index is 0.0299. The van der Waals surface area contributed by atoms with E-state index in [1.807, 2.05) is 0 Å². The molecule has 0 bridgehead atoms. The molecule has 0 aliphatic rings. The largest absolute Gasteiger partial charge is 0.370 e. The van der Waals surface area contributed by atoms with E-state index in [1.165, 1.54) is 12.1 Å². The SMILES string of the molecule is CC(C)(CC(N)=O)NC(=O)c1cc(F)ccc1C#CCN. The van der Waals surface area contributed by atoms with Gasteiger partial charge in [-0.2, -0.15) is 0 Å². The molecule has 0 aromatic heterocycles. The molecule has 0 saturated carbocycles. The van der Waals surface area contributed by atoms with Gasteiger partial charge in [0, 0.05) is 17.5 Å². The van der Waals surface area contributed by atoms with Gasteiger partial charge in [0.15, 0.2) is 0 Å². The van der Waals surface area contributed by atoms with E-state index in [1.54, 1.807) is 13.8 Å². The molecule has 0 unspecified atom stereocenters. The number of nitrogens with one attached hydrogen (secondary N) is 1. The first-order valence-electron chi connectivity index (χ1n) is 6.34. The van der Waals surface area contributed by atoms with Crippen molar-refractivity contribution in [2.24, 2.45) is 11.5 Å². The summed E-state index contributed by atoms with van der Waals surface area (Å²) in [5, 5.41) is 2.64. The van der Waals surface area contributed by atoms with E-state index in [9.17, 15) is 14.0 Å². The first-order chi connectivity index (χ1) is 9.75. The fourth-order valence-electron chi connectivity index (χ4n) is 1.81. The third-order valence-corrected chi connectivity index (χ3v) is 2.62. The monoisotopic (exact) mass is 291 g/mol. The van der Waals surface area contributed by atoms with Crippen LogP contribution < -0.4 is 16.8 Å². The number of primary amides is 1. The Morgan fingerprint density at radius 2 is 2.05 bits per heavy atom. The Bertz CT molecular complexity index is 615. The third kappa shape index (κ3) is 5.24. The predicted molar refractivity (Wildman–Crippen MR) is 77.7 cm³/mol. The highest BCUT2D eigenvalue weighted by Crippen LogP contribution is 2.14. The van der Waals surface area contributed by atoms with Crippen LogP contribution in [0.2, 0.25) is 0 Å². The van der Waals surface area contributed by atoms with Crippen LogP contribution in [-0.4, -0.2) is 23.9 Å². The number of hydrogen-bond donors (Lipinski definition) is 3. The van der Waals surface area contributed by atoms with Crippen molar-refractivity contribution in [2.75, 3.05) is 6.54 Å². The second-order valence-electron chi connectivity index (χ2n) is 5.18. The van der Waals surface area contributed by atoms with E-state index in [0.717, 1.165) is 6.07 Å². The maximum Gasteiger partial charge on any atom is 0.253 e. The van der Waals surface area contributed by atoms with Crippen LogP contribution in [0.5, 0.6) is 0 Å². The molecule has 2 amide bonds. The molecular formula is C15H18FN3O2. The predicted octanol–water partition coefficient (Wildman–Crippen LogP) is 0.520. The summed E-state index contributed by atoms with van der Waals surface area (Å²) in [6.07, 6.45) is -0.0299. The molecule has 0 radical (unpaired) electrons. The lowest BCUT2D eigenvalue weighted by atomic mass is 9.98. The number of halogens is 1. The Morgan fingerprint density at radius 1 is 1.38 bits per heavy atom. The van der Waals surface area contributed by atoms with Gasteiger partial charge < -0.3 is 16.8 Å². The zero-order chi connectivity index (χ0) is 16.0. The smallest absolute Gasteiger partial charge is 0.253 e. The number of benzene rings is 1. The van der Waals surface area contributed by atoms with Crippen molar-refractivity contribution in [2.45, 2.75) is 25.8 Å². The molecule has 1 aromatic carbocycles. The molecule has 21 heavy (non-hydrogen) atoms. The molecule has 0 spiro atoms. The van der Waals surface area contributed by atoms with E-state index in [2.05, 4.69) is 17.2 Å². The van der Waals surface area contributed by atoms with Gasteiger partial charge in [-0.05, 0) is 32.0 Å². The van der Waals surface area contributed by atoms with Gasteiger partial charge in [-0.25, -0.2) is 4.39 Å². The number of amides is 2. The second-order valence-corrected chi connectivity index (χ2v) is 5.18. The summed E-state index contributed by atoms with van der Waals surface area (Å²) in [4.78, 5) is 23.2. The van der Waals surface area contributed by atoms with Crippen LogP contribution in [0.25, 0.3) is 0 Å². The maximum atomic E-state index is 13.3. The summed E-state index contributed by atoms with van der Waals surface area (Å²) in [5.74, 6) is 3.71. The summed E-state index contributed by atoms with van der Waals surface area (Å²) >= 11 is 0. The van der Waals surface area contributed by atoms with Crippen molar-refractivity contribution in [3.05, 3.63) is 35.1 Å². The van der Waals surface area contributed by atoms with E-state index in [0.29, 0.717) is 5.56 Å². The zero-order valence-electron chi connectivity index (χ0n) is 12.0. The van der Waals surface area contributed by atoms with Crippen LogP contribution in [0, 0.1) is 17.7 Å². The Kier molecular flexibility index (Phi) is 5.44. The number of carbonyl (C=O) groups is 2. The fourth-order valence-corrected chi connectivity index (χ4v) is 1.81. The standard InChI is InChI=1S/C15H18FN3O2/c1-15(2,9-13(18)20)19-14(21)12-8-11(16)6-5-10(12)4-3-7-17/h5-6,8H,7,9,17H2,1-2H3,(H2,18,20)(H,19,21). The topological polar surface area (TPSA) is 98.2 Å². The normalized spacial score (nSPS) is 10.5. The molecule has 5 nitrogen and oxygen atoms in total. The Morgan fingerprint density at radius 3 is 2.62 bits per heavy atom. The quantitative estimate of drug-likeness (QED) is 0.705. The van der Waals surface area contributed by atoms with Gasteiger partial charge in [0.05, 0.1) is 12.1 Å².